The van der Waals surface area contributed by atoms with Crippen LogP contribution in [0.15, 0.2) is 16.7 Å². The molecule has 1 aliphatic heterocycles. The van der Waals surface area contributed by atoms with E-state index in [-0.39, 0.29) is 5.91 Å². The summed E-state index contributed by atoms with van der Waals surface area (Å²) < 4.78 is 0.818. The second kappa shape index (κ2) is 7.14. The molecule has 104 valence electrons. The summed E-state index contributed by atoms with van der Waals surface area (Å²) in [4.78, 5) is 16.6. The lowest BCUT2D eigenvalue weighted by molar-refractivity contribution is 0.0935. The minimum atomic E-state index is -0.0401. The molecule has 19 heavy (non-hydrogen) atoms. The van der Waals surface area contributed by atoms with E-state index in [0.29, 0.717) is 17.4 Å². The molecule has 1 aromatic rings. The van der Waals surface area contributed by atoms with Gasteiger partial charge in [-0.2, -0.15) is 11.8 Å². The van der Waals surface area contributed by atoms with Crippen LogP contribution in [0.2, 0.25) is 0 Å². The van der Waals surface area contributed by atoms with Gasteiger partial charge in [-0.15, -0.1) is 0 Å². The fourth-order valence-electron chi connectivity index (χ4n) is 2.03. The Labute approximate surface area is 126 Å². The van der Waals surface area contributed by atoms with E-state index in [9.17, 15) is 4.79 Å². The molecule has 1 aromatic heterocycles. The average molecular weight is 344 g/mol. The van der Waals surface area contributed by atoms with Crippen LogP contribution in [0.5, 0.6) is 0 Å². The number of anilines is 1. The van der Waals surface area contributed by atoms with E-state index in [1.807, 2.05) is 24.8 Å². The number of carbonyl (C=O) groups is 1. The highest BCUT2D eigenvalue weighted by Crippen LogP contribution is 2.20. The third-order valence-electron chi connectivity index (χ3n) is 3.00. The molecule has 0 unspecified atom stereocenters. The summed E-state index contributed by atoms with van der Waals surface area (Å²) in [6.07, 6.45) is 3.80. The standard InChI is InChI=1S/C13H18BrN3OS/c1-2-15-12-11(7-9(14)8-16-12)13(18)17-10-3-5-19-6-4-10/h7-8,10H,2-6H2,1H3,(H,15,16)(H,17,18). The maximum Gasteiger partial charge on any atom is 0.255 e. The van der Waals surface area contributed by atoms with Crippen molar-refractivity contribution in [1.29, 1.82) is 0 Å². The Hall–Kier alpha value is -0.750. The topological polar surface area (TPSA) is 54.0 Å². The molecular formula is C13H18BrN3OS. The first-order chi connectivity index (χ1) is 9.20. The highest BCUT2D eigenvalue weighted by atomic mass is 79.9. The Morgan fingerprint density at radius 2 is 2.26 bits per heavy atom. The number of hydrogen-bond acceptors (Lipinski definition) is 4. The van der Waals surface area contributed by atoms with E-state index >= 15 is 0 Å². The van der Waals surface area contributed by atoms with Crippen LogP contribution in [-0.2, 0) is 0 Å². The minimum Gasteiger partial charge on any atom is -0.370 e. The molecule has 2 heterocycles. The predicted molar refractivity (Wildman–Crippen MR) is 83.9 cm³/mol. The van der Waals surface area contributed by atoms with Crippen molar-refractivity contribution in [2.75, 3.05) is 23.4 Å². The number of nitrogens with one attached hydrogen (secondary N) is 2. The van der Waals surface area contributed by atoms with E-state index in [2.05, 4.69) is 31.5 Å². The number of halogens is 1. The Balaban J connectivity index is 2.10. The van der Waals surface area contributed by atoms with Gasteiger partial charge in [0.25, 0.3) is 5.91 Å². The Kier molecular flexibility index (Phi) is 5.51. The lowest BCUT2D eigenvalue weighted by Gasteiger charge is -2.23. The first kappa shape index (κ1) is 14.7. The average Bonchev–Trinajstić information content (AvgIpc) is 2.42. The van der Waals surface area contributed by atoms with Gasteiger partial charge in [0.1, 0.15) is 5.82 Å². The normalized spacial score (nSPS) is 16.1. The Morgan fingerprint density at radius 1 is 1.53 bits per heavy atom. The zero-order chi connectivity index (χ0) is 13.7. The molecule has 2 N–H and O–H groups in total. The molecule has 1 saturated heterocycles. The quantitative estimate of drug-likeness (QED) is 0.882. The van der Waals surface area contributed by atoms with Gasteiger partial charge in [-0.25, -0.2) is 4.98 Å². The molecule has 0 spiro atoms. The van der Waals surface area contributed by atoms with Gasteiger partial charge in [-0.1, -0.05) is 0 Å². The molecular weight excluding hydrogens is 326 g/mol. The van der Waals surface area contributed by atoms with Crippen molar-refractivity contribution >= 4 is 39.4 Å². The van der Waals surface area contributed by atoms with Gasteiger partial charge in [0.2, 0.25) is 0 Å². The van der Waals surface area contributed by atoms with Crippen LogP contribution in [0.25, 0.3) is 0 Å². The number of hydrogen-bond donors (Lipinski definition) is 2. The van der Waals surface area contributed by atoms with E-state index in [1.165, 1.54) is 0 Å². The third kappa shape index (κ3) is 4.11. The molecule has 0 saturated carbocycles. The molecule has 0 aromatic carbocycles. The molecule has 0 radical (unpaired) electrons. The summed E-state index contributed by atoms with van der Waals surface area (Å²) in [5.41, 5.74) is 0.606. The summed E-state index contributed by atoms with van der Waals surface area (Å²) in [5.74, 6) is 2.86. The molecule has 1 fully saturated rings. The zero-order valence-corrected chi connectivity index (χ0v) is 13.3. The number of pyridine rings is 1. The van der Waals surface area contributed by atoms with Crippen molar-refractivity contribution in [3.05, 3.63) is 22.3 Å². The number of amides is 1. The SMILES string of the molecule is CCNc1ncc(Br)cc1C(=O)NC1CCSCC1. The number of rotatable bonds is 4. The predicted octanol–water partition coefficient (Wildman–Crippen LogP) is 2.90. The zero-order valence-electron chi connectivity index (χ0n) is 10.9. The molecule has 6 heteroatoms. The van der Waals surface area contributed by atoms with Crippen LogP contribution in [0.1, 0.15) is 30.1 Å². The second-order valence-corrected chi connectivity index (χ2v) is 6.58. The summed E-state index contributed by atoms with van der Waals surface area (Å²) in [5, 5.41) is 6.23. The van der Waals surface area contributed by atoms with Crippen molar-refractivity contribution in [3.8, 4) is 0 Å². The molecule has 0 atom stereocenters. The smallest absolute Gasteiger partial charge is 0.255 e. The second-order valence-electron chi connectivity index (χ2n) is 4.44. The Bertz CT molecular complexity index is 450. The van der Waals surface area contributed by atoms with Crippen molar-refractivity contribution in [2.24, 2.45) is 0 Å². The van der Waals surface area contributed by atoms with Gasteiger partial charge >= 0.3 is 0 Å². The van der Waals surface area contributed by atoms with Gasteiger partial charge < -0.3 is 10.6 Å². The number of aromatic nitrogens is 1. The Morgan fingerprint density at radius 3 is 2.95 bits per heavy atom. The van der Waals surface area contributed by atoms with E-state index in [4.69, 9.17) is 0 Å². The lowest BCUT2D eigenvalue weighted by atomic mass is 10.1. The van der Waals surface area contributed by atoms with Crippen LogP contribution in [0.3, 0.4) is 0 Å². The van der Waals surface area contributed by atoms with Gasteiger partial charge in [0.05, 0.1) is 5.56 Å². The van der Waals surface area contributed by atoms with Gasteiger partial charge in [-0.05, 0) is 53.3 Å². The van der Waals surface area contributed by atoms with Crippen LogP contribution in [0, 0.1) is 0 Å². The molecule has 0 aliphatic carbocycles. The van der Waals surface area contributed by atoms with Crippen molar-refractivity contribution < 1.29 is 4.79 Å². The van der Waals surface area contributed by atoms with Crippen LogP contribution in [0.4, 0.5) is 5.82 Å². The van der Waals surface area contributed by atoms with E-state index < -0.39 is 0 Å². The molecule has 2 rings (SSSR count). The molecule has 4 nitrogen and oxygen atoms in total. The van der Waals surface area contributed by atoms with Gasteiger partial charge in [0, 0.05) is 23.3 Å². The monoisotopic (exact) mass is 343 g/mol. The van der Waals surface area contributed by atoms with Gasteiger partial charge in [-0.3, -0.25) is 4.79 Å². The summed E-state index contributed by atoms with van der Waals surface area (Å²) in [6, 6.07) is 2.11. The van der Waals surface area contributed by atoms with Crippen molar-refractivity contribution in [1.82, 2.24) is 10.3 Å². The fraction of sp³-hybridized carbons (Fsp3) is 0.538. The van der Waals surface area contributed by atoms with Crippen molar-refractivity contribution in [3.63, 3.8) is 0 Å². The lowest BCUT2D eigenvalue weighted by Crippen LogP contribution is -2.37. The molecule has 1 aliphatic rings. The van der Waals surface area contributed by atoms with Crippen molar-refractivity contribution in [2.45, 2.75) is 25.8 Å². The molecule has 1 amide bonds. The maximum atomic E-state index is 12.3. The minimum absolute atomic E-state index is 0.0401. The van der Waals surface area contributed by atoms with Crippen LogP contribution >= 0.6 is 27.7 Å². The first-order valence-corrected chi connectivity index (χ1v) is 8.43. The van der Waals surface area contributed by atoms with Gasteiger partial charge in [0.15, 0.2) is 0 Å². The maximum absolute atomic E-state index is 12.3. The largest absolute Gasteiger partial charge is 0.370 e. The van der Waals surface area contributed by atoms with E-state index in [0.717, 1.165) is 35.4 Å². The summed E-state index contributed by atoms with van der Waals surface area (Å²) in [6.45, 7) is 2.73. The fourth-order valence-corrected chi connectivity index (χ4v) is 3.46. The van der Waals surface area contributed by atoms with Crippen LogP contribution in [-0.4, -0.2) is 35.0 Å². The highest BCUT2D eigenvalue weighted by Gasteiger charge is 2.19. The number of nitrogens with zero attached hydrogens (tertiary/aromatic N) is 1. The van der Waals surface area contributed by atoms with Crippen LogP contribution < -0.4 is 10.6 Å². The molecule has 0 bridgehead atoms. The summed E-state index contributed by atoms with van der Waals surface area (Å²) >= 11 is 5.32. The summed E-state index contributed by atoms with van der Waals surface area (Å²) in [7, 11) is 0. The first-order valence-electron chi connectivity index (χ1n) is 6.48. The number of carbonyl (C=O) groups excluding carboxylic acids is 1. The highest BCUT2D eigenvalue weighted by molar-refractivity contribution is 9.10. The number of thioether (sulfide) groups is 1. The third-order valence-corrected chi connectivity index (χ3v) is 4.48. The van der Waals surface area contributed by atoms with E-state index in [1.54, 1.807) is 6.20 Å².